The van der Waals surface area contributed by atoms with Crippen molar-refractivity contribution in [1.82, 2.24) is 4.98 Å². The summed E-state index contributed by atoms with van der Waals surface area (Å²) in [6, 6.07) is 8.77. The number of ether oxygens (including phenoxy) is 2. The van der Waals surface area contributed by atoms with Crippen molar-refractivity contribution < 1.29 is 24.2 Å². The molecule has 2 N–H and O–H groups in total. The second kappa shape index (κ2) is 14.5. The van der Waals surface area contributed by atoms with Gasteiger partial charge in [-0.25, -0.2) is 9.78 Å². The number of carboxylic acid groups (broad SMARTS) is 1. The van der Waals surface area contributed by atoms with E-state index in [9.17, 15) is 9.59 Å². The summed E-state index contributed by atoms with van der Waals surface area (Å²) in [4.78, 5) is 28.7. The van der Waals surface area contributed by atoms with E-state index in [-0.39, 0.29) is 27.3 Å². The minimum absolute atomic E-state index is 0.0686. The third-order valence-electron chi connectivity index (χ3n) is 6.24. The van der Waals surface area contributed by atoms with Crippen molar-refractivity contribution in [2.24, 2.45) is 0 Å². The number of unbranched alkanes of at least 4 members (excludes halogenated alkanes) is 3. The molecule has 0 saturated heterocycles. The molecule has 2 aromatic carbocycles. The van der Waals surface area contributed by atoms with E-state index in [2.05, 4.69) is 17.2 Å². The van der Waals surface area contributed by atoms with Gasteiger partial charge in [-0.3, -0.25) is 10.1 Å². The molecular weight excluding hydrogens is 559 g/mol. The topological polar surface area (TPSA) is 97.8 Å². The van der Waals surface area contributed by atoms with E-state index in [1.54, 1.807) is 14.2 Å². The summed E-state index contributed by atoms with van der Waals surface area (Å²) in [6.07, 6.45) is 6.76. The summed E-state index contributed by atoms with van der Waals surface area (Å²) >= 11 is 13.9. The zero-order chi connectivity index (χ0) is 28.5. The number of carbonyl (C=O) groups excluding carboxylic acids is 1. The van der Waals surface area contributed by atoms with Crippen molar-refractivity contribution >= 4 is 57.6 Å². The Hall–Kier alpha value is -2.91. The lowest BCUT2D eigenvalue weighted by Gasteiger charge is -2.20. The highest BCUT2D eigenvalue weighted by Gasteiger charge is 2.21. The predicted octanol–water partition coefficient (Wildman–Crippen LogP) is 8.52. The zero-order valence-corrected chi connectivity index (χ0v) is 24.7. The van der Waals surface area contributed by atoms with Crippen LogP contribution in [0.25, 0.3) is 17.3 Å². The standard InChI is InChI=1S/C29H32Cl2N2O5S/c1-5-6-7-8-12-25(37-3)20-11-9-10-19(26(20)38-4)24-16-39-29(32-24)33-27(34)18-14-22(30)21(23(31)15-18)13-17(2)28(35)36/h9-11,13-16,25H,5-8,12H2,1-4H3,(H,35,36)(H,32,33,34)/b17-13+/t25-/m0/s1. The molecular formula is C29H32Cl2N2O5S. The van der Waals surface area contributed by atoms with Crippen LogP contribution in [0.1, 0.15) is 73.5 Å². The number of carboxylic acids is 1. The molecule has 1 aromatic heterocycles. The van der Waals surface area contributed by atoms with E-state index < -0.39 is 11.9 Å². The number of hydrogen-bond acceptors (Lipinski definition) is 6. The number of rotatable bonds is 13. The molecule has 3 rings (SSSR count). The van der Waals surface area contributed by atoms with Gasteiger partial charge in [0.2, 0.25) is 0 Å². The molecule has 10 heteroatoms. The van der Waals surface area contributed by atoms with Gasteiger partial charge in [0.15, 0.2) is 5.13 Å². The van der Waals surface area contributed by atoms with Crippen LogP contribution in [-0.4, -0.2) is 36.2 Å². The minimum atomic E-state index is -1.09. The molecule has 0 aliphatic heterocycles. The van der Waals surface area contributed by atoms with Gasteiger partial charge in [-0.05, 0) is 37.6 Å². The van der Waals surface area contributed by atoms with Crippen LogP contribution < -0.4 is 10.1 Å². The van der Waals surface area contributed by atoms with Crippen molar-refractivity contribution in [2.45, 2.75) is 52.1 Å². The summed E-state index contributed by atoms with van der Waals surface area (Å²) in [5.74, 6) is -0.838. The third-order valence-corrected chi connectivity index (χ3v) is 7.62. The highest BCUT2D eigenvalue weighted by Crippen LogP contribution is 2.40. The molecule has 0 radical (unpaired) electrons. The monoisotopic (exact) mass is 590 g/mol. The quantitative estimate of drug-likeness (QED) is 0.153. The molecule has 0 aliphatic carbocycles. The van der Waals surface area contributed by atoms with E-state index in [0.717, 1.165) is 30.4 Å². The maximum absolute atomic E-state index is 12.9. The van der Waals surface area contributed by atoms with Crippen LogP contribution in [0.15, 0.2) is 41.3 Å². The average Bonchev–Trinajstić information content (AvgIpc) is 3.38. The Balaban J connectivity index is 1.82. The third kappa shape index (κ3) is 7.82. The Morgan fingerprint density at radius 3 is 2.49 bits per heavy atom. The molecule has 0 aliphatic rings. The van der Waals surface area contributed by atoms with Gasteiger partial charge in [0.05, 0.1) is 29.0 Å². The fourth-order valence-corrected chi connectivity index (χ4v) is 5.45. The first-order chi connectivity index (χ1) is 18.7. The second-order valence-electron chi connectivity index (χ2n) is 8.98. The van der Waals surface area contributed by atoms with Crippen molar-refractivity contribution in [3.8, 4) is 17.0 Å². The molecule has 1 amide bonds. The molecule has 0 spiro atoms. The number of nitrogens with zero attached hydrogens (tertiary/aromatic N) is 1. The van der Waals surface area contributed by atoms with Crippen LogP contribution in [0.4, 0.5) is 5.13 Å². The summed E-state index contributed by atoms with van der Waals surface area (Å²) in [7, 11) is 3.34. The van der Waals surface area contributed by atoms with E-state index in [4.69, 9.17) is 37.8 Å². The highest BCUT2D eigenvalue weighted by atomic mass is 35.5. The van der Waals surface area contributed by atoms with E-state index in [1.807, 2.05) is 23.6 Å². The number of thiazole rings is 1. The van der Waals surface area contributed by atoms with Crippen molar-refractivity contribution in [1.29, 1.82) is 0 Å². The molecule has 39 heavy (non-hydrogen) atoms. The number of aromatic nitrogens is 1. The Labute approximate surface area is 242 Å². The van der Waals surface area contributed by atoms with Crippen LogP contribution >= 0.6 is 34.5 Å². The maximum atomic E-state index is 12.9. The molecule has 0 bridgehead atoms. The van der Waals surface area contributed by atoms with Gasteiger partial charge in [-0.15, -0.1) is 11.3 Å². The van der Waals surface area contributed by atoms with Gasteiger partial charge in [0, 0.05) is 40.3 Å². The number of carbonyl (C=O) groups is 2. The minimum Gasteiger partial charge on any atom is -0.496 e. The number of aliphatic carboxylic acids is 1. The van der Waals surface area contributed by atoms with Gasteiger partial charge in [0.1, 0.15) is 5.75 Å². The summed E-state index contributed by atoms with van der Waals surface area (Å²) in [6.45, 7) is 3.62. The molecule has 1 atom stereocenters. The molecule has 1 heterocycles. The lowest BCUT2D eigenvalue weighted by molar-refractivity contribution is -0.132. The number of halogens is 2. The van der Waals surface area contributed by atoms with Crippen LogP contribution in [0.3, 0.4) is 0 Å². The van der Waals surface area contributed by atoms with Crippen molar-refractivity contribution in [3.63, 3.8) is 0 Å². The first kappa shape index (κ1) is 30.6. The lowest BCUT2D eigenvalue weighted by atomic mass is 9.98. The van der Waals surface area contributed by atoms with Gasteiger partial charge in [-0.1, -0.05) is 67.9 Å². The number of amides is 1. The number of anilines is 1. The fraction of sp³-hybridized carbons (Fsp3) is 0.345. The zero-order valence-electron chi connectivity index (χ0n) is 22.3. The Kier molecular flexibility index (Phi) is 11.4. The van der Waals surface area contributed by atoms with Gasteiger partial charge < -0.3 is 14.6 Å². The van der Waals surface area contributed by atoms with Crippen LogP contribution in [0.5, 0.6) is 5.75 Å². The normalized spacial score (nSPS) is 12.3. The Morgan fingerprint density at radius 1 is 1.15 bits per heavy atom. The first-order valence-electron chi connectivity index (χ1n) is 12.6. The SMILES string of the molecule is CCCCCC[C@H](OC)c1cccc(-c2csc(NC(=O)c3cc(Cl)c(/C=C(\C)C(=O)O)c(Cl)c3)n2)c1OC. The molecule has 3 aromatic rings. The van der Waals surface area contributed by atoms with Crippen molar-refractivity contribution in [3.05, 3.63) is 68.0 Å². The number of benzene rings is 2. The fourth-order valence-electron chi connectivity index (χ4n) is 4.15. The molecule has 0 unspecified atom stereocenters. The van der Waals surface area contributed by atoms with E-state index in [0.29, 0.717) is 22.1 Å². The Bertz CT molecular complexity index is 1330. The van der Waals surface area contributed by atoms with Gasteiger partial charge >= 0.3 is 5.97 Å². The number of hydrogen-bond donors (Lipinski definition) is 2. The van der Waals surface area contributed by atoms with Gasteiger partial charge in [-0.2, -0.15) is 0 Å². The Morgan fingerprint density at radius 2 is 1.87 bits per heavy atom. The lowest BCUT2D eigenvalue weighted by Crippen LogP contribution is -2.12. The van der Waals surface area contributed by atoms with Crippen molar-refractivity contribution in [2.75, 3.05) is 19.5 Å². The molecule has 208 valence electrons. The van der Waals surface area contributed by atoms with E-state index in [1.165, 1.54) is 49.3 Å². The average molecular weight is 592 g/mol. The maximum Gasteiger partial charge on any atom is 0.331 e. The molecule has 0 fully saturated rings. The van der Waals surface area contributed by atoms with Crippen LogP contribution in [0, 0.1) is 0 Å². The largest absolute Gasteiger partial charge is 0.496 e. The summed E-state index contributed by atoms with van der Waals surface area (Å²) in [5.41, 5.74) is 3.05. The predicted molar refractivity (Wildman–Crippen MR) is 158 cm³/mol. The number of methoxy groups -OCH3 is 2. The summed E-state index contributed by atoms with van der Waals surface area (Å²) < 4.78 is 11.6. The van der Waals surface area contributed by atoms with Gasteiger partial charge in [0.25, 0.3) is 5.91 Å². The van der Waals surface area contributed by atoms with Crippen LogP contribution in [-0.2, 0) is 9.53 Å². The van der Waals surface area contributed by atoms with E-state index >= 15 is 0 Å². The first-order valence-corrected chi connectivity index (χ1v) is 14.2. The summed E-state index contributed by atoms with van der Waals surface area (Å²) in [5, 5.41) is 14.5. The second-order valence-corrected chi connectivity index (χ2v) is 10.7. The number of para-hydroxylation sites is 1. The molecule has 7 nitrogen and oxygen atoms in total. The number of nitrogens with one attached hydrogen (secondary N) is 1. The smallest absolute Gasteiger partial charge is 0.331 e. The van der Waals surface area contributed by atoms with Crippen LogP contribution in [0.2, 0.25) is 10.0 Å². The molecule has 0 saturated carbocycles. The highest BCUT2D eigenvalue weighted by molar-refractivity contribution is 7.14.